The molecule has 0 saturated carbocycles. The van der Waals surface area contributed by atoms with Crippen LogP contribution in [0, 0.1) is 0 Å². The smallest absolute Gasteiger partial charge is 0.259 e. The molecule has 3 aromatic rings. The summed E-state index contributed by atoms with van der Waals surface area (Å²) in [5, 5.41) is 1.44. The average molecular weight is 457 g/mol. The van der Waals surface area contributed by atoms with E-state index in [4.69, 9.17) is 16.6 Å². The normalized spacial score (nSPS) is 17.1. The van der Waals surface area contributed by atoms with Crippen LogP contribution in [0.5, 0.6) is 0 Å². The van der Waals surface area contributed by atoms with Crippen molar-refractivity contribution in [2.75, 3.05) is 26.2 Å². The number of fused-ring (bicyclic) bond motifs is 3. The van der Waals surface area contributed by atoms with Gasteiger partial charge in [0, 0.05) is 36.1 Å². The lowest BCUT2D eigenvalue weighted by atomic mass is 9.97. The third kappa shape index (κ3) is 4.27. The molecule has 8 heteroatoms. The molecule has 1 N–H and O–H groups in total. The minimum absolute atomic E-state index is 0.00652. The molecular formula is C23H25ClN4O2S. The number of rotatable bonds is 4. The predicted octanol–water partition coefficient (Wildman–Crippen LogP) is 3.40. The van der Waals surface area contributed by atoms with Crippen molar-refractivity contribution in [2.24, 2.45) is 0 Å². The maximum atomic E-state index is 12.7. The zero-order chi connectivity index (χ0) is 21.4. The number of aryl methyl sites for hydroxylation is 2. The van der Waals surface area contributed by atoms with Crippen molar-refractivity contribution >= 4 is 39.1 Å². The SMILES string of the molecule is O=C(Cc1ccccc1Cl)N1CCN(Cc2nc3sc4c(c3c(=O)[nH]2)CCCC4)CC1. The standard InChI is InChI=1S/C23H25ClN4O2S/c24-17-7-3-1-5-15(17)13-20(29)28-11-9-27(10-12-28)14-19-25-22(30)21-16-6-2-4-8-18(16)31-23(21)26-19/h1,3,5,7H,2,4,6,8-14H2,(H,25,26,30). The minimum atomic E-state index is -0.00652. The van der Waals surface area contributed by atoms with Crippen LogP contribution < -0.4 is 5.56 Å². The Bertz CT molecular complexity index is 1180. The van der Waals surface area contributed by atoms with Crippen molar-refractivity contribution < 1.29 is 4.79 Å². The highest BCUT2D eigenvalue weighted by Crippen LogP contribution is 2.33. The summed E-state index contributed by atoms with van der Waals surface area (Å²) in [4.78, 5) is 39.6. The van der Waals surface area contributed by atoms with Gasteiger partial charge in [-0.05, 0) is 42.9 Å². The van der Waals surface area contributed by atoms with Gasteiger partial charge >= 0.3 is 0 Å². The predicted molar refractivity (Wildman–Crippen MR) is 124 cm³/mol. The maximum Gasteiger partial charge on any atom is 0.259 e. The van der Waals surface area contributed by atoms with E-state index in [-0.39, 0.29) is 11.5 Å². The van der Waals surface area contributed by atoms with Crippen molar-refractivity contribution in [1.82, 2.24) is 19.8 Å². The fraction of sp³-hybridized carbons (Fsp3) is 0.435. The lowest BCUT2D eigenvalue weighted by Gasteiger charge is -2.34. The zero-order valence-corrected chi connectivity index (χ0v) is 18.9. The summed E-state index contributed by atoms with van der Waals surface area (Å²) in [7, 11) is 0. The van der Waals surface area contributed by atoms with E-state index in [2.05, 4.69) is 9.88 Å². The molecule has 1 amide bonds. The Kier molecular flexibility index (Phi) is 5.82. The summed E-state index contributed by atoms with van der Waals surface area (Å²) >= 11 is 7.88. The second-order valence-corrected chi connectivity index (χ2v) is 9.82. The summed E-state index contributed by atoms with van der Waals surface area (Å²) in [6.07, 6.45) is 4.73. The number of carbonyl (C=O) groups is 1. The van der Waals surface area contributed by atoms with Crippen LogP contribution in [0.4, 0.5) is 0 Å². The Morgan fingerprint density at radius 3 is 2.71 bits per heavy atom. The third-order valence-electron chi connectivity index (χ3n) is 6.27. The number of aromatic nitrogens is 2. The van der Waals surface area contributed by atoms with Crippen molar-refractivity contribution in [1.29, 1.82) is 0 Å². The highest BCUT2D eigenvalue weighted by Gasteiger charge is 2.24. The molecule has 1 aliphatic carbocycles. The Morgan fingerprint density at radius 1 is 1.13 bits per heavy atom. The molecule has 2 aliphatic rings. The number of piperazine rings is 1. The lowest BCUT2D eigenvalue weighted by Crippen LogP contribution is -2.49. The second-order valence-electron chi connectivity index (χ2n) is 8.33. The van der Waals surface area contributed by atoms with Gasteiger partial charge in [0.25, 0.3) is 5.56 Å². The molecule has 1 aliphatic heterocycles. The lowest BCUT2D eigenvalue weighted by molar-refractivity contribution is -0.132. The first-order valence-corrected chi connectivity index (χ1v) is 12.0. The number of benzene rings is 1. The fourth-order valence-electron chi connectivity index (χ4n) is 4.57. The summed E-state index contributed by atoms with van der Waals surface area (Å²) in [5.74, 6) is 0.816. The number of nitrogens with zero attached hydrogens (tertiary/aromatic N) is 3. The van der Waals surface area contributed by atoms with Crippen molar-refractivity contribution in [2.45, 2.75) is 38.6 Å². The Morgan fingerprint density at radius 2 is 1.90 bits per heavy atom. The van der Waals surface area contributed by atoms with Crippen LogP contribution in [0.2, 0.25) is 5.02 Å². The van der Waals surface area contributed by atoms with Gasteiger partial charge in [-0.2, -0.15) is 0 Å². The van der Waals surface area contributed by atoms with Gasteiger partial charge in [0.05, 0.1) is 18.4 Å². The molecule has 2 aromatic heterocycles. The van der Waals surface area contributed by atoms with Gasteiger partial charge in [-0.15, -0.1) is 11.3 Å². The molecule has 3 heterocycles. The minimum Gasteiger partial charge on any atom is -0.340 e. The van der Waals surface area contributed by atoms with Gasteiger partial charge in [-0.25, -0.2) is 4.98 Å². The van der Waals surface area contributed by atoms with Crippen LogP contribution in [0.15, 0.2) is 29.1 Å². The molecule has 162 valence electrons. The Balaban J connectivity index is 1.22. The number of H-pyrrole nitrogens is 1. The van der Waals surface area contributed by atoms with Crippen molar-refractivity contribution in [3.8, 4) is 0 Å². The van der Waals surface area contributed by atoms with E-state index in [0.29, 0.717) is 36.9 Å². The maximum absolute atomic E-state index is 12.7. The summed E-state index contributed by atoms with van der Waals surface area (Å²) in [6, 6.07) is 7.49. The van der Waals surface area contributed by atoms with E-state index >= 15 is 0 Å². The van der Waals surface area contributed by atoms with E-state index in [1.54, 1.807) is 11.3 Å². The summed E-state index contributed by atoms with van der Waals surface area (Å²) in [5.41, 5.74) is 2.08. The highest BCUT2D eigenvalue weighted by molar-refractivity contribution is 7.18. The molecule has 5 rings (SSSR count). The van der Waals surface area contributed by atoms with Gasteiger partial charge in [-0.3, -0.25) is 14.5 Å². The number of hydrogen-bond donors (Lipinski definition) is 1. The van der Waals surface area contributed by atoms with Crippen molar-refractivity contribution in [3.05, 3.63) is 61.5 Å². The zero-order valence-electron chi connectivity index (χ0n) is 17.3. The molecule has 0 atom stereocenters. The molecule has 1 aromatic carbocycles. The molecular weight excluding hydrogens is 432 g/mol. The van der Waals surface area contributed by atoms with Crippen LogP contribution in [-0.4, -0.2) is 51.9 Å². The van der Waals surface area contributed by atoms with Gasteiger partial charge in [0.2, 0.25) is 5.91 Å². The number of thiophene rings is 1. The van der Waals surface area contributed by atoms with Gasteiger partial charge in [0.15, 0.2) is 0 Å². The molecule has 1 fully saturated rings. The number of amides is 1. The topological polar surface area (TPSA) is 69.3 Å². The van der Waals surface area contributed by atoms with Crippen LogP contribution in [0.25, 0.3) is 10.2 Å². The van der Waals surface area contributed by atoms with Crippen LogP contribution in [0.1, 0.15) is 34.7 Å². The molecule has 0 radical (unpaired) electrons. The van der Waals surface area contributed by atoms with Crippen LogP contribution in [0.3, 0.4) is 0 Å². The number of carbonyl (C=O) groups excluding carboxylic acids is 1. The monoisotopic (exact) mass is 456 g/mol. The molecule has 6 nitrogen and oxygen atoms in total. The number of aromatic amines is 1. The van der Waals surface area contributed by atoms with E-state index in [9.17, 15) is 9.59 Å². The largest absolute Gasteiger partial charge is 0.340 e. The highest BCUT2D eigenvalue weighted by atomic mass is 35.5. The van der Waals surface area contributed by atoms with E-state index in [1.807, 2.05) is 29.2 Å². The van der Waals surface area contributed by atoms with E-state index in [1.165, 1.54) is 16.9 Å². The van der Waals surface area contributed by atoms with Crippen molar-refractivity contribution in [3.63, 3.8) is 0 Å². The second kappa shape index (κ2) is 8.73. The molecule has 0 bridgehead atoms. The van der Waals surface area contributed by atoms with Gasteiger partial charge in [-0.1, -0.05) is 29.8 Å². The summed E-state index contributed by atoms with van der Waals surface area (Å²) in [6.45, 7) is 3.46. The summed E-state index contributed by atoms with van der Waals surface area (Å²) < 4.78 is 0. The van der Waals surface area contributed by atoms with Crippen LogP contribution >= 0.6 is 22.9 Å². The first-order chi connectivity index (χ1) is 15.1. The van der Waals surface area contributed by atoms with Gasteiger partial charge < -0.3 is 9.88 Å². The first-order valence-electron chi connectivity index (χ1n) is 10.9. The number of halogens is 1. The molecule has 0 spiro atoms. The van der Waals surface area contributed by atoms with E-state index in [0.717, 1.165) is 48.1 Å². The number of nitrogens with one attached hydrogen (secondary N) is 1. The average Bonchev–Trinajstić information content (AvgIpc) is 3.14. The van der Waals surface area contributed by atoms with Crippen LogP contribution in [-0.2, 0) is 30.6 Å². The Labute approximate surface area is 189 Å². The molecule has 31 heavy (non-hydrogen) atoms. The Hall–Kier alpha value is -2.22. The first kappa shape index (κ1) is 20.7. The fourth-order valence-corrected chi connectivity index (χ4v) is 6.05. The quantitative estimate of drug-likeness (QED) is 0.653. The van der Waals surface area contributed by atoms with E-state index < -0.39 is 0 Å². The molecule has 0 unspecified atom stereocenters. The third-order valence-corrected chi connectivity index (χ3v) is 7.83. The molecule has 1 saturated heterocycles. The number of hydrogen-bond acceptors (Lipinski definition) is 5. The van der Waals surface area contributed by atoms with Gasteiger partial charge in [0.1, 0.15) is 10.7 Å².